The number of hydrogen-bond acceptors (Lipinski definition) is 5. The molecule has 5 nitrogen and oxygen atoms in total. The van der Waals surface area contributed by atoms with Crippen molar-refractivity contribution in [2.75, 3.05) is 13.1 Å². The highest BCUT2D eigenvalue weighted by molar-refractivity contribution is 8.00. The van der Waals surface area contributed by atoms with Gasteiger partial charge in [0, 0.05) is 29.8 Å². The number of nitrogens with two attached hydrogens (primary N) is 1. The average molecular weight is 331 g/mol. The van der Waals surface area contributed by atoms with Gasteiger partial charge in [0.2, 0.25) is 10.0 Å². The van der Waals surface area contributed by atoms with Gasteiger partial charge in [-0.15, -0.1) is 0 Å². The van der Waals surface area contributed by atoms with E-state index in [9.17, 15) is 8.42 Å². The lowest BCUT2D eigenvalue weighted by molar-refractivity contribution is 0.404. The van der Waals surface area contributed by atoms with E-state index in [1.807, 2.05) is 25.6 Å². The Morgan fingerprint density at radius 3 is 2.45 bits per heavy atom. The third-order valence-electron chi connectivity index (χ3n) is 3.01. The maximum atomic E-state index is 12.6. The minimum Gasteiger partial charge on any atom is -0.388 e. The number of thioether (sulfide) groups is 1. The Hall–Kier alpha value is -0.700. The van der Waals surface area contributed by atoms with Crippen molar-refractivity contribution in [3.8, 4) is 0 Å². The van der Waals surface area contributed by atoms with Gasteiger partial charge >= 0.3 is 0 Å². The van der Waals surface area contributed by atoms with Crippen molar-refractivity contribution in [3.63, 3.8) is 0 Å². The summed E-state index contributed by atoms with van der Waals surface area (Å²) in [6.07, 6.45) is 1.32. The predicted molar refractivity (Wildman–Crippen MR) is 85.4 cm³/mol. The zero-order chi connectivity index (χ0) is 14.9. The number of aromatic nitrogens is 1. The predicted octanol–water partition coefficient (Wildman–Crippen LogP) is 1.23. The smallest absolute Gasteiger partial charge is 0.244 e. The number of hydrogen-bond donors (Lipinski definition) is 1. The lowest BCUT2D eigenvalue weighted by Crippen LogP contribution is -2.43. The van der Waals surface area contributed by atoms with Crippen molar-refractivity contribution in [3.05, 3.63) is 24.0 Å². The van der Waals surface area contributed by atoms with Gasteiger partial charge in [-0.3, -0.25) is 4.98 Å². The fourth-order valence-electron chi connectivity index (χ4n) is 2.15. The van der Waals surface area contributed by atoms with E-state index in [2.05, 4.69) is 4.98 Å². The molecule has 2 unspecified atom stereocenters. The van der Waals surface area contributed by atoms with Crippen LogP contribution in [0.5, 0.6) is 0 Å². The summed E-state index contributed by atoms with van der Waals surface area (Å²) in [6.45, 7) is 5.12. The van der Waals surface area contributed by atoms with Crippen LogP contribution in [0.15, 0.2) is 23.2 Å². The summed E-state index contributed by atoms with van der Waals surface area (Å²) < 4.78 is 26.7. The van der Waals surface area contributed by atoms with Crippen LogP contribution in [-0.4, -0.2) is 46.3 Å². The molecule has 0 radical (unpaired) electrons. The molecule has 0 saturated carbocycles. The van der Waals surface area contributed by atoms with Gasteiger partial charge in [-0.25, -0.2) is 8.42 Å². The van der Waals surface area contributed by atoms with Gasteiger partial charge in [0.05, 0.1) is 5.69 Å². The summed E-state index contributed by atoms with van der Waals surface area (Å²) in [5.41, 5.74) is 5.88. The summed E-state index contributed by atoms with van der Waals surface area (Å²) >= 11 is 6.61. The standard InChI is InChI=1S/C12H17N3O2S3/c1-8-6-15(7-9(2)19-8)20(16,17)10-3-4-11(12(13)18)14-5-10/h3-5,8-9H,6-7H2,1-2H3,(H2,13,18). The quantitative estimate of drug-likeness (QED) is 0.840. The Kier molecular flexibility index (Phi) is 4.68. The fourth-order valence-corrected chi connectivity index (χ4v) is 5.35. The number of thiocarbonyl (C=S) groups is 1. The molecule has 1 aliphatic heterocycles. The van der Waals surface area contributed by atoms with E-state index in [0.717, 1.165) is 0 Å². The second-order valence-electron chi connectivity index (χ2n) is 4.82. The van der Waals surface area contributed by atoms with Crippen LogP contribution in [0.2, 0.25) is 0 Å². The molecule has 1 aromatic heterocycles. The number of nitrogens with zero attached hydrogens (tertiary/aromatic N) is 2. The number of rotatable bonds is 3. The fraction of sp³-hybridized carbons (Fsp3) is 0.500. The minimum absolute atomic E-state index is 0.158. The van der Waals surface area contributed by atoms with E-state index in [-0.39, 0.29) is 20.4 Å². The third kappa shape index (κ3) is 3.30. The first-order chi connectivity index (χ1) is 9.30. The second-order valence-corrected chi connectivity index (χ2v) is 9.08. The van der Waals surface area contributed by atoms with Gasteiger partial charge < -0.3 is 5.73 Å². The molecule has 8 heteroatoms. The monoisotopic (exact) mass is 331 g/mol. The van der Waals surface area contributed by atoms with Crippen LogP contribution in [0, 0.1) is 0 Å². The van der Waals surface area contributed by atoms with Crippen LogP contribution in [0.25, 0.3) is 0 Å². The maximum absolute atomic E-state index is 12.6. The summed E-state index contributed by atoms with van der Waals surface area (Å²) in [5.74, 6) is 0. The first-order valence-corrected chi connectivity index (χ1v) is 9.01. The van der Waals surface area contributed by atoms with Crippen LogP contribution < -0.4 is 5.73 Å². The Morgan fingerprint density at radius 1 is 1.40 bits per heavy atom. The first kappa shape index (κ1) is 15.7. The van der Waals surface area contributed by atoms with Gasteiger partial charge in [-0.2, -0.15) is 16.1 Å². The van der Waals surface area contributed by atoms with Crippen LogP contribution in [0.1, 0.15) is 19.5 Å². The van der Waals surface area contributed by atoms with Gasteiger partial charge in [0.15, 0.2) is 0 Å². The topological polar surface area (TPSA) is 76.3 Å². The van der Waals surface area contributed by atoms with Crippen molar-refractivity contribution < 1.29 is 8.42 Å². The summed E-state index contributed by atoms with van der Waals surface area (Å²) in [6, 6.07) is 3.05. The normalized spacial score (nSPS) is 24.5. The van der Waals surface area contributed by atoms with Crippen LogP contribution >= 0.6 is 24.0 Å². The van der Waals surface area contributed by atoms with Gasteiger partial charge in [0.1, 0.15) is 9.88 Å². The van der Waals surface area contributed by atoms with Gasteiger partial charge in [0.25, 0.3) is 0 Å². The molecule has 0 aliphatic carbocycles. The summed E-state index contributed by atoms with van der Waals surface area (Å²) in [5, 5.41) is 0.578. The molecular formula is C12H17N3O2S3. The zero-order valence-electron chi connectivity index (χ0n) is 11.3. The van der Waals surface area contributed by atoms with E-state index in [0.29, 0.717) is 18.8 Å². The molecule has 0 amide bonds. The highest BCUT2D eigenvalue weighted by Crippen LogP contribution is 2.28. The molecule has 110 valence electrons. The largest absolute Gasteiger partial charge is 0.388 e. The lowest BCUT2D eigenvalue weighted by Gasteiger charge is -2.33. The molecule has 1 saturated heterocycles. The molecule has 1 aliphatic rings. The average Bonchev–Trinajstić information content (AvgIpc) is 2.37. The van der Waals surface area contributed by atoms with E-state index < -0.39 is 10.0 Å². The van der Waals surface area contributed by atoms with Crippen LogP contribution in [-0.2, 0) is 10.0 Å². The molecule has 2 rings (SSSR count). The Bertz CT molecular complexity index is 591. The van der Waals surface area contributed by atoms with Crippen LogP contribution in [0.3, 0.4) is 0 Å². The number of pyridine rings is 1. The van der Waals surface area contributed by atoms with Gasteiger partial charge in [-0.05, 0) is 12.1 Å². The maximum Gasteiger partial charge on any atom is 0.244 e. The highest BCUT2D eigenvalue weighted by Gasteiger charge is 2.32. The van der Waals surface area contributed by atoms with Crippen molar-refractivity contribution in [1.82, 2.24) is 9.29 Å². The Balaban J connectivity index is 2.27. The second kappa shape index (κ2) is 5.97. The lowest BCUT2D eigenvalue weighted by atomic mass is 10.3. The van der Waals surface area contributed by atoms with Crippen LogP contribution in [0.4, 0.5) is 0 Å². The SMILES string of the molecule is CC1CN(S(=O)(=O)c2ccc(C(N)=S)nc2)CC(C)S1. The molecule has 2 heterocycles. The van der Waals surface area contributed by atoms with Crippen molar-refractivity contribution in [2.24, 2.45) is 5.73 Å². The molecule has 1 fully saturated rings. The molecule has 1 aromatic rings. The van der Waals surface area contributed by atoms with Crippen molar-refractivity contribution >= 4 is 39.0 Å². The molecule has 2 N–H and O–H groups in total. The Labute approximate surface area is 129 Å². The Morgan fingerprint density at radius 2 is 2.00 bits per heavy atom. The van der Waals surface area contributed by atoms with E-state index in [4.69, 9.17) is 18.0 Å². The van der Waals surface area contributed by atoms with Crippen molar-refractivity contribution in [2.45, 2.75) is 29.2 Å². The van der Waals surface area contributed by atoms with E-state index >= 15 is 0 Å². The molecule has 0 aromatic carbocycles. The minimum atomic E-state index is -3.50. The van der Waals surface area contributed by atoms with E-state index in [1.165, 1.54) is 16.6 Å². The summed E-state index contributed by atoms with van der Waals surface area (Å²) in [4.78, 5) is 4.34. The molecule has 0 spiro atoms. The molecule has 2 atom stereocenters. The van der Waals surface area contributed by atoms with Crippen molar-refractivity contribution in [1.29, 1.82) is 0 Å². The third-order valence-corrected chi connectivity index (χ3v) is 6.26. The zero-order valence-corrected chi connectivity index (χ0v) is 13.8. The number of sulfonamides is 1. The summed E-state index contributed by atoms with van der Waals surface area (Å²) in [7, 11) is -3.50. The molecule has 20 heavy (non-hydrogen) atoms. The highest BCUT2D eigenvalue weighted by atomic mass is 32.2. The first-order valence-electron chi connectivity index (χ1n) is 6.22. The molecular weight excluding hydrogens is 314 g/mol. The van der Waals surface area contributed by atoms with E-state index in [1.54, 1.807) is 6.07 Å². The van der Waals surface area contributed by atoms with Gasteiger partial charge in [-0.1, -0.05) is 26.1 Å². The molecule has 0 bridgehead atoms.